The fourth-order valence-electron chi connectivity index (χ4n) is 3.60. The molecule has 142 valence electrons. The van der Waals surface area contributed by atoms with Crippen molar-refractivity contribution in [2.24, 2.45) is 17.6 Å². The fourth-order valence-corrected chi connectivity index (χ4v) is 3.60. The molecule has 4 rings (SSSR count). The first-order valence-electron chi connectivity index (χ1n) is 8.83. The molecule has 0 spiro atoms. The van der Waals surface area contributed by atoms with E-state index >= 15 is 0 Å². The van der Waals surface area contributed by atoms with Crippen LogP contribution in [0.15, 0.2) is 42.5 Å². The summed E-state index contributed by atoms with van der Waals surface area (Å²) in [4.78, 5) is 13.8. The quantitative estimate of drug-likeness (QED) is 0.870. The van der Waals surface area contributed by atoms with Crippen molar-refractivity contribution in [2.45, 2.75) is 12.3 Å². The van der Waals surface area contributed by atoms with E-state index < -0.39 is 29.5 Å². The monoisotopic (exact) mass is 376 g/mol. The normalized spacial score (nSPS) is 22.4. The van der Waals surface area contributed by atoms with Crippen LogP contribution in [-0.2, 0) is 6.42 Å². The second kappa shape index (κ2) is 6.56. The highest BCUT2D eigenvalue weighted by atomic mass is 19.3. The number of piperidine rings is 1. The molecule has 1 amide bonds. The SMILES string of the molecule is NCCc1ccc(Oc2ccc(F)c(C(=O)N3CC4C(C3)C4(F)F)c2)cc1. The van der Waals surface area contributed by atoms with E-state index in [2.05, 4.69) is 0 Å². The van der Waals surface area contributed by atoms with Crippen LogP contribution in [0.2, 0.25) is 0 Å². The Hall–Kier alpha value is -2.54. The second-order valence-electron chi connectivity index (χ2n) is 7.02. The minimum Gasteiger partial charge on any atom is -0.457 e. The molecule has 1 aliphatic heterocycles. The first kappa shape index (κ1) is 17.9. The number of hydrogen-bond acceptors (Lipinski definition) is 3. The smallest absolute Gasteiger partial charge is 0.258 e. The maximum Gasteiger partial charge on any atom is 0.258 e. The van der Waals surface area contributed by atoms with Gasteiger partial charge in [0.2, 0.25) is 0 Å². The van der Waals surface area contributed by atoms with Gasteiger partial charge in [-0.15, -0.1) is 0 Å². The van der Waals surface area contributed by atoms with Crippen LogP contribution < -0.4 is 10.5 Å². The highest BCUT2D eigenvalue weighted by Crippen LogP contribution is 2.59. The molecular weight excluding hydrogens is 357 g/mol. The number of carbonyl (C=O) groups excluding carboxylic acids is 1. The van der Waals surface area contributed by atoms with E-state index in [-0.39, 0.29) is 18.7 Å². The van der Waals surface area contributed by atoms with Gasteiger partial charge in [-0.1, -0.05) is 12.1 Å². The zero-order chi connectivity index (χ0) is 19.2. The van der Waals surface area contributed by atoms with E-state index in [0.717, 1.165) is 18.1 Å². The summed E-state index contributed by atoms with van der Waals surface area (Å²) in [6.45, 7) is 0.473. The lowest BCUT2D eigenvalue weighted by Crippen LogP contribution is -2.34. The zero-order valence-electron chi connectivity index (χ0n) is 14.5. The minimum absolute atomic E-state index is 0.0381. The highest BCUT2D eigenvalue weighted by Gasteiger charge is 2.72. The van der Waals surface area contributed by atoms with Crippen LogP contribution in [0.3, 0.4) is 0 Å². The molecule has 2 aliphatic rings. The van der Waals surface area contributed by atoms with E-state index in [1.54, 1.807) is 12.1 Å². The lowest BCUT2D eigenvalue weighted by Gasteiger charge is -2.20. The van der Waals surface area contributed by atoms with Crippen molar-refractivity contribution in [2.75, 3.05) is 19.6 Å². The van der Waals surface area contributed by atoms with Gasteiger partial charge in [0.1, 0.15) is 17.3 Å². The Morgan fingerprint density at radius 2 is 1.74 bits per heavy atom. The summed E-state index contributed by atoms with van der Waals surface area (Å²) in [6, 6.07) is 11.2. The first-order valence-corrected chi connectivity index (χ1v) is 8.83. The molecule has 2 unspecified atom stereocenters. The van der Waals surface area contributed by atoms with E-state index in [4.69, 9.17) is 10.5 Å². The molecule has 0 aromatic heterocycles. The molecule has 0 bridgehead atoms. The van der Waals surface area contributed by atoms with Crippen molar-refractivity contribution >= 4 is 5.91 Å². The Balaban J connectivity index is 1.47. The predicted molar refractivity (Wildman–Crippen MR) is 93.5 cm³/mol. The van der Waals surface area contributed by atoms with Gasteiger partial charge in [-0.2, -0.15) is 0 Å². The summed E-state index contributed by atoms with van der Waals surface area (Å²) in [6.07, 6.45) is 0.756. The number of hydrogen-bond donors (Lipinski definition) is 1. The van der Waals surface area contributed by atoms with Crippen LogP contribution >= 0.6 is 0 Å². The predicted octanol–water partition coefficient (Wildman–Crippen LogP) is 3.46. The molecule has 27 heavy (non-hydrogen) atoms. The molecule has 2 fully saturated rings. The number of alkyl halides is 2. The third kappa shape index (κ3) is 3.27. The van der Waals surface area contributed by atoms with Gasteiger partial charge in [-0.05, 0) is 48.9 Å². The maximum absolute atomic E-state index is 14.1. The van der Waals surface area contributed by atoms with Crippen molar-refractivity contribution in [3.63, 3.8) is 0 Å². The number of benzene rings is 2. The summed E-state index contributed by atoms with van der Waals surface area (Å²) >= 11 is 0. The minimum atomic E-state index is -2.68. The van der Waals surface area contributed by atoms with Crippen molar-refractivity contribution < 1.29 is 22.7 Å². The molecule has 1 saturated heterocycles. The van der Waals surface area contributed by atoms with Gasteiger partial charge in [0.05, 0.1) is 17.4 Å². The average molecular weight is 376 g/mol. The zero-order valence-corrected chi connectivity index (χ0v) is 14.5. The molecule has 4 nitrogen and oxygen atoms in total. The molecule has 1 saturated carbocycles. The summed E-state index contributed by atoms with van der Waals surface area (Å²) in [5.41, 5.74) is 6.42. The summed E-state index contributed by atoms with van der Waals surface area (Å²) < 4.78 is 46.4. The number of nitrogens with zero attached hydrogens (tertiary/aromatic N) is 1. The van der Waals surface area contributed by atoms with Crippen LogP contribution in [0.1, 0.15) is 15.9 Å². The number of rotatable bonds is 5. The number of halogens is 3. The van der Waals surface area contributed by atoms with E-state index in [1.165, 1.54) is 17.0 Å². The van der Waals surface area contributed by atoms with Gasteiger partial charge in [-0.3, -0.25) is 4.79 Å². The molecule has 2 aromatic rings. The molecule has 2 aromatic carbocycles. The topological polar surface area (TPSA) is 55.6 Å². The number of fused-ring (bicyclic) bond motifs is 1. The van der Waals surface area contributed by atoms with Crippen LogP contribution in [-0.4, -0.2) is 36.4 Å². The van der Waals surface area contributed by atoms with Crippen molar-refractivity contribution in [3.05, 3.63) is 59.4 Å². The Kier molecular flexibility index (Phi) is 4.34. The third-order valence-electron chi connectivity index (χ3n) is 5.25. The van der Waals surface area contributed by atoms with Gasteiger partial charge in [0.25, 0.3) is 11.8 Å². The van der Waals surface area contributed by atoms with Crippen molar-refractivity contribution in [3.8, 4) is 11.5 Å². The maximum atomic E-state index is 14.1. The van der Waals surface area contributed by atoms with E-state index in [9.17, 15) is 18.0 Å². The van der Waals surface area contributed by atoms with Crippen LogP contribution in [0.5, 0.6) is 11.5 Å². The summed E-state index contributed by atoms with van der Waals surface area (Å²) in [5, 5.41) is 0. The largest absolute Gasteiger partial charge is 0.457 e. The average Bonchev–Trinajstić information content (AvgIpc) is 3.00. The van der Waals surface area contributed by atoms with Gasteiger partial charge in [0.15, 0.2) is 0 Å². The van der Waals surface area contributed by atoms with Gasteiger partial charge >= 0.3 is 0 Å². The number of carbonyl (C=O) groups is 1. The fraction of sp³-hybridized carbons (Fsp3) is 0.350. The van der Waals surface area contributed by atoms with Crippen molar-refractivity contribution in [1.82, 2.24) is 4.90 Å². The molecule has 0 radical (unpaired) electrons. The molecule has 2 N–H and O–H groups in total. The van der Waals surface area contributed by atoms with Gasteiger partial charge in [-0.25, -0.2) is 13.2 Å². The molecule has 7 heteroatoms. The summed E-state index contributed by atoms with van der Waals surface area (Å²) in [5.74, 6) is -4.70. The Labute approximate surface area is 154 Å². The Morgan fingerprint density at radius 3 is 2.37 bits per heavy atom. The second-order valence-corrected chi connectivity index (χ2v) is 7.02. The standard InChI is InChI=1S/C20H19F3N2O2/c21-18-6-5-14(27-13-3-1-12(2-4-13)7-8-24)9-15(18)19(26)25-10-16-17(11-25)20(16,22)23/h1-6,9,16-17H,7-8,10-11,24H2. The van der Waals surface area contributed by atoms with Gasteiger partial charge in [0, 0.05) is 13.1 Å². The number of nitrogens with two attached hydrogens (primary N) is 1. The van der Waals surface area contributed by atoms with Gasteiger partial charge < -0.3 is 15.4 Å². The van der Waals surface area contributed by atoms with Crippen LogP contribution in [0.25, 0.3) is 0 Å². The number of amides is 1. The highest BCUT2D eigenvalue weighted by molar-refractivity contribution is 5.95. The molecule has 1 aliphatic carbocycles. The lowest BCUT2D eigenvalue weighted by molar-refractivity contribution is 0.0456. The first-order chi connectivity index (χ1) is 12.9. The van der Waals surface area contributed by atoms with Crippen LogP contribution in [0.4, 0.5) is 13.2 Å². The molecule has 2 atom stereocenters. The van der Waals surface area contributed by atoms with E-state index in [0.29, 0.717) is 18.0 Å². The number of likely N-dealkylation sites (tertiary alicyclic amines) is 1. The molecular formula is C20H19F3N2O2. The Morgan fingerprint density at radius 1 is 1.11 bits per heavy atom. The Bertz CT molecular complexity index is 856. The number of ether oxygens (including phenoxy) is 1. The van der Waals surface area contributed by atoms with Crippen molar-refractivity contribution in [1.29, 1.82) is 0 Å². The summed E-state index contributed by atoms with van der Waals surface area (Å²) in [7, 11) is 0. The third-order valence-corrected chi connectivity index (χ3v) is 5.25. The van der Waals surface area contributed by atoms with Crippen LogP contribution in [0, 0.1) is 17.7 Å². The lowest BCUT2D eigenvalue weighted by atomic mass is 10.1. The van der Waals surface area contributed by atoms with E-state index in [1.807, 2.05) is 12.1 Å². The molecule has 1 heterocycles.